The Bertz CT molecular complexity index is 1250. The normalized spacial score (nSPS) is 11.2. The van der Waals surface area contributed by atoms with Crippen LogP contribution in [0.3, 0.4) is 0 Å². The molecule has 0 unspecified atom stereocenters. The van der Waals surface area contributed by atoms with E-state index in [9.17, 15) is 14.3 Å². The molecule has 0 amide bonds. The largest absolute Gasteiger partial charge is 0.478 e. The summed E-state index contributed by atoms with van der Waals surface area (Å²) in [6.45, 7) is 3.92. The molecule has 0 aliphatic rings. The number of carboxylic acids is 1. The molecule has 0 saturated carbocycles. The quantitative estimate of drug-likeness (QED) is 0.460. The maximum atomic E-state index is 14.3. The minimum atomic E-state index is -1.02. The molecule has 0 aliphatic carbocycles. The van der Waals surface area contributed by atoms with Crippen LogP contribution in [0, 0.1) is 19.7 Å². The van der Waals surface area contributed by atoms with Crippen molar-refractivity contribution >= 4 is 28.6 Å². The van der Waals surface area contributed by atoms with Crippen LogP contribution in [0.15, 0.2) is 54.7 Å². The van der Waals surface area contributed by atoms with Crippen molar-refractivity contribution in [3.8, 4) is 11.1 Å². The topological polar surface area (TPSA) is 55.1 Å². The third kappa shape index (κ3) is 3.49. The summed E-state index contributed by atoms with van der Waals surface area (Å²) in [5.74, 6) is -1.42. The van der Waals surface area contributed by atoms with Gasteiger partial charge in [0, 0.05) is 27.7 Å². The highest BCUT2D eigenvalue weighted by Crippen LogP contribution is 2.34. The molecule has 1 N–H and O–H groups in total. The SMILES string of the molecule is Cc1ccc(-c2c(C(=O)O)c(C)nc3c2ccn3Cc2ccc(Cl)cc2F)cc1. The van der Waals surface area contributed by atoms with Crippen LogP contribution in [-0.2, 0) is 6.54 Å². The minimum Gasteiger partial charge on any atom is -0.478 e. The Balaban J connectivity index is 1.93. The first kappa shape index (κ1) is 19.2. The number of aromatic nitrogens is 2. The number of hydrogen-bond donors (Lipinski definition) is 1. The molecule has 2 aromatic carbocycles. The highest BCUT2D eigenvalue weighted by Gasteiger charge is 2.21. The maximum Gasteiger partial charge on any atom is 0.338 e. The zero-order valence-corrected chi connectivity index (χ0v) is 16.7. The molecule has 0 atom stereocenters. The number of aromatic carboxylic acids is 1. The van der Waals surface area contributed by atoms with Crippen LogP contribution >= 0.6 is 11.6 Å². The van der Waals surface area contributed by atoms with Gasteiger partial charge in [-0.1, -0.05) is 47.5 Å². The highest BCUT2D eigenvalue weighted by molar-refractivity contribution is 6.30. The van der Waals surface area contributed by atoms with Crippen LogP contribution in [0.4, 0.5) is 4.39 Å². The number of pyridine rings is 1. The van der Waals surface area contributed by atoms with Crippen molar-refractivity contribution in [2.24, 2.45) is 0 Å². The average Bonchev–Trinajstić information content (AvgIpc) is 3.05. The Labute approximate surface area is 172 Å². The first-order chi connectivity index (χ1) is 13.8. The Kier molecular flexibility index (Phi) is 4.84. The minimum absolute atomic E-state index is 0.178. The van der Waals surface area contributed by atoms with Crippen LogP contribution in [0.2, 0.25) is 5.02 Å². The molecule has 4 rings (SSSR count). The standard InChI is InChI=1S/C23H18ClFN2O2/c1-13-3-5-15(6-4-13)21-18-9-10-27(12-16-7-8-17(24)11-19(16)25)22(18)26-14(2)20(21)23(28)29/h3-11H,12H2,1-2H3,(H,28,29). The lowest BCUT2D eigenvalue weighted by Crippen LogP contribution is -2.08. The highest BCUT2D eigenvalue weighted by atomic mass is 35.5. The summed E-state index contributed by atoms with van der Waals surface area (Å²) < 4.78 is 16.1. The van der Waals surface area contributed by atoms with Gasteiger partial charge in [-0.3, -0.25) is 0 Å². The van der Waals surface area contributed by atoms with Gasteiger partial charge in [0.15, 0.2) is 0 Å². The number of halogens is 2. The molecule has 146 valence electrons. The second-order valence-electron chi connectivity index (χ2n) is 7.04. The zero-order valence-electron chi connectivity index (χ0n) is 15.9. The number of aryl methyl sites for hydroxylation is 2. The molecule has 29 heavy (non-hydrogen) atoms. The molecular weight excluding hydrogens is 391 g/mol. The molecule has 2 heterocycles. The molecule has 2 aromatic heterocycles. The van der Waals surface area contributed by atoms with Crippen LogP contribution in [-0.4, -0.2) is 20.6 Å². The van der Waals surface area contributed by atoms with Gasteiger partial charge in [0.25, 0.3) is 0 Å². The van der Waals surface area contributed by atoms with Gasteiger partial charge in [0.1, 0.15) is 11.5 Å². The number of hydrogen-bond acceptors (Lipinski definition) is 2. The molecule has 0 fully saturated rings. The Morgan fingerprint density at radius 3 is 2.52 bits per heavy atom. The first-order valence-corrected chi connectivity index (χ1v) is 9.46. The van der Waals surface area contributed by atoms with Gasteiger partial charge >= 0.3 is 5.97 Å². The van der Waals surface area contributed by atoms with E-state index in [1.54, 1.807) is 25.3 Å². The molecule has 0 saturated heterocycles. The Morgan fingerprint density at radius 2 is 1.86 bits per heavy atom. The lowest BCUT2D eigenvalue weighted by molar-refractivity contribution is 0.0696. The lowest BCUT2D eigenvalue weighted by atomic mass is 9.95. The summed E-state index contributed by atoms with van der Waals surface area (Å²) >= 11 is 5.85. The molecule has 0 radical (unpaired) electrons. The van der Waals surface area contributed by atoms with E-state index in [-0.39, 0.29) is 12.1 Å². The summed E-state index contributed by atoms with van der Waals surface area (Å²) in [7, 11) is 0. The third-order valence-corrected chi connectivity index (χ3v) is 5.23. The number of nitrogens with zero attached hydrogens (tertiary/aromatic N) is 2. The van der Waals surface area contributed by atoms with Crippen LogP contribution in [0.5, 0.6) is 0 Å². The summed E-state index contributed by atoms with van der Waals surface area (Å²) in [6, 6.07) is 14.1. The summed E-state index contributed by atoms with van der Waals surface area (Å²) in [6.07, 6.45) is 1.80. The number of carboxylic acid groups (broad SMARTS) is 1. The molecule has 6 heteroatoms. The molecule has 4 nitrogen and oxygen atoms in total. The molecular formula is C23H18ClFN2O2. The predicted molar refractivity (Wildman–Crippen MR) is 112 cm³/mol. The zero-order chi connectivity index (χ0) is 20.7. The fourth-order valence-corrected chi connectivity index (χ4v) is 3.72. The van der Waals surface area contributed by atoms with Crippen molar-refractivity contribution in [3.05, 3.63) is 88.0 Å². The number of rotatable bonds is 4. The van der Waals surface area contributed by atoms with E-state index < -0.39 is 11.8 Å². The smallest absolute Gasteiger partial charge is 0.338 e. The molecule has 0 bridgehead atoms. The van der Waals surface area contributed by atoms with E-state index in [2.05, 4.69) is 4.98 Å². The predicted octanol–water partition coefficient (Wildman–Crippen LogP) is 5.86. The van der Waals surface area contributed by atoms with Crippen LogP contribution in [0.1, 0.15) is 27.2 Å². The van der Waals surface area contributed by atoms with Gasteiger partial charge < -0.3 is 9.67 Å². The van der Waals surface area contributed by atoms with Gasteiger partial charge in [-0.2, -0.15) is 0 Å². The fourth-order valence-electron chi connectivity index (χ4n) is 3.56. The van der Waals surface area contributed by atoms with Crippen LogP contribution in [0.25, 0.3) is 22.2 Å². The molecule has 0 aliphatic heterocycles. The van der Waals surface area contributed by atoms with Gasteiger partial charge in [-0.15, -0.1) is 0 Å². The Morgan fingerprint density at radius 1 is 1.14 bits per heavy atom. The van der Waals surface area contributed by atoms with Crippen molar-refractivity contribution in [1.82, 2.24) is 9.55 Å². The van der Waals surface area contributed by atoms with Gasteiger partial charge in [0.05, 0.1) is 17.8 Å². The van der Waals surface area contributed by atoms with E-state index >= 15 is 0 Å². The third-order valence-electron chi connectivity index (χ3n) is 5.00. The Hall–Kier alpha value is -3.18. The van der Waals surface area contributed by atoms with E-state index in [1.165, 1.54) is 6.07 Å². The van der Waals surface area contributed by atoms with E-state index in [1.807, 2.05) is 41.8 Å². The van der Waals surface area contributed by atoms with E-state index in [0.29, 0.717) is 32.9 Å². The van der Waals surface area contributed by atoms with E-state index in [0.717, 1.165) is 11.1 Å². The van der Waals surface area contributed by atoms with Crippen molar-refractivity contribution in [1.29, 1.82) is 0 Å². The first-order valence-electron chi connectivity index (χ1n) is 9.09. The second kappa shape index (κ2) is 7.33. The van der Waals surface area contributed by atoms with Gasteiger partial charge in [0.2, 0.25) is 0 Å². The van der Waals surface area contributed by atoms with Crippen molar-refractivity contribution in [2.75, 3.05) is 0 Å². The fraction of sp³-hybridized carbons (Fsp3) is 0.130. The van der Waals surface area contributed by atoms with Gasteiger partial charge in [-0.25, -0.2) is 14.2 Å². The number of carbonyl (C=O) groups is 1. The number of fused-ring (bicyclic) bond motifs is 1. The summed E-state index contributed by atoms with van der Waals surface area (Å²) in [5, 5.41) is 10.9. The maximum absolute atomic E-state index is 14.3. The summed E-state index contributed by atoms with van der Waals surface area (Å²) in [4.78, 5) is 16.5. The molecule has 4 aromatic rings. The average molecular weight is 409 g/mol. The number of benzene rings is 2. The van der Waals surface area contributed by atoms with Crippen LogP contribution < -0.4 is 0 Å². The second-order valence-corrected chi connectivity index (χ2v) is 7.47. The summed E-state index contributed by atoms with van der Waals surface area (Å²) in [5.41, 5.74) is 4.19. The van der Waals surface area contributed by atoms with Crippen molar-refractivity contribution in [2.45, 2.75) is 20.4 Å². The van der Waals surface area contributed by atoms with Crippen molar-refractivity contribution in [3.63, 3.8) is 0 Å². The van der Waals surface area contributed by atoms with Gasteiger partial charge in [-0.05, 0) is 37.6 Å². The lowest BCUT2D eigenvalue weighted by Gasteiger charge is -2.13. The van der Waals surface area contributed by atoms with E-state index in [4.69, 9.17) is 11.6 Å². The molecule has 0 spiro atoms. The van der Waals surface area contributed by atoms with Crippen molar-refractivity contribution < 1.29 is 14.3 Å². The monoisotopic (exact) mass is 408 g/mol.